The molecule has 3 aliphatic heterocycles. The van der Waals surface area contributed by atoms with E-state index < -0.39 is 65.4 Å². The summed E-state index contributed by atoms with van der Waals surface area (Å²) in [5, 5.41) is 2.95. The molecule has 5 heterocycles. The summed E-state index contributed by atoms with van der Waals surface area (Å²) in [7, 11) is 0. The highest BCUT2D eigenvalue weighted by Gasteiger charge is 2.58. The molecular weight excluding hydrogens is 821 g/mol. The van der Waals surface area contributed by atoms with Gasteiger partial charge in [0.15, 0.2) is 29.6 Å². The van der Waals surface area contributed by atoms with Gasteiger partial charge in [0.05, 0.1) is 6.33 Å². The van der Waals surface area contributed by atoms with Gasteiger partial charge in [-0.15, -0.1) is 0 Å². The maximum absolute atomic E-state index is 13.9. The molecule has 21 nitrogen and oxygen atoms in total. The first-order chi connectivity index (χ1) is 29.3. The van der Waals surface area contributed by atoms with Gasteiger partial charge in [-0.25, -0.2) is 29.3 Å². The minimum absolute atomic E-state index is 0.0982. The molecule has 3 aliphatic rings. The Morgan fingerprint density at radius 1 is 0.698 bits per heavy atom. The summed E-state index contributed by atoms with van der Waals surface area (Å²) in [6.07, 6.45) is 0.00975. The third kappa shape index (κ3) is 13.7. The second-order valence-corrected chi connectivity index (χ2v) is 19.5. The minimum atomic E-state index is -0.977. The lowest BCUT2D eigenvalue weighted by Crippen LogP contribution is -2.52. The summed E-state index contributed by atoms with van der Waals surface area (Å²) >= 11 is 0. The first-order valence-corrected chi connectivity index (χ1v) is 21.7. The number of hydrogen-bond donors (Lipinski definition) is 2. The summed E-state index contributed by atoms with van der Waals surface area (Å²) in [4.78, 5) is 86.4. The second kappa shape index (κ2) is 19.8. The largest absolute Gasteiger partial charge is 0.444 e. The fraction of sp³-hybridized carbons (Fsp3) is 0.762. The van der Waals surface area contributed by atoms with E-state index in [1.165, 1.54) is 27.4 Å². The van der Waals surface area contributed by atoms with Gasteiger partial charge in [-0.2, -0.15) is 0 Å². The molecule has 0 aliphatic carbocycles. The van der Waals surface area contributed by atoms with Crippen molar-refractivity contribution >= 4 is 47.1 Å². The number of nitrogen functional groups attached to an aromatic ring is 1. The van der Waals surface area contributed by atoms with Crippen molar-refractivity contribution in [1.82, 2.24) is 44.4 Å². The number of nitrogens with one attached hydrogen (secondary N) is 1. The maximum atomic E-state index is 13.9. The molecule has 352 valence electrons. The summed E-state index contributed by atoms with van der Waals surface area (Å²) < 4.78 is 37.3. The summed E-state index contributed by atoms with van der Waals surface area (Å²) in [6.45, 7) is 20.8. The normalized spacial score (nSPS) is 22.5. The van der Waals surface area contributed by atoms with Crippen LogP contribution in [0.4, 0.5) is 20.2 Å². The van der Waals surface area contributed by atoms with Crippen LogP contribution in [0.3, 0.4) is 0 Å². The number of ether oxygens (including phenoxy) is 6. The van der Waals surface area contributed by atoms with E-state index in [0.29, 0.717) is 37.0 Å². The lowest BCUT2D eigenvalue weighted by Gasteiger charge is -2.36. The summed E-state index contributed by atoms with van der Waals surface area (Å²) in [5.41, 5.74) is 4.52. The molecule has 5 rings (SSSR count). The monoisotopic (exact) mass is 889 g/mol. The molecule has 0 saturated carbocycles. The zero-order valence-electron chi connectivity index (χ0n) is 38.8. The van der Waals surface area contributed by atoms with Crippen LogP contribution < -0.4 is 11.1 Å². The first kappa shape index (κ1) is 49.0. The summed E-state index contributed by atoms with van der Waals surface area (Å²) in [5.74, 6) is -1.26. The fourth-order valence-corrected chi connectivity index (χ4v) is 7.31. The Bertz CT molecular complexity index is 1890. The van der Waals surface area contributed by atoms with Gasteiger partial charge in [0.25, 0.3) is 5.91 Å². The molecular formula is C42H68N10O11. The van der Waals surface area contributed by atoms with Gasteiger partial charge in [-0.3, -0.25) is 14.2 Å². The number of unbranched alkanes of at least 4 members (excludes halogenated alkanes) is 2. The molecule has 4 atom stereocenters. The molecule has 0 radical (unpaired) electrons. The Morgan fingerprint density at radius 3 is 1.67 bits per heavy atom. The minimum Gasteiger partial charge on any atom is -0.444 e. The molecule has 2 aromatic heterocycles. The number of nitrogens with two attached hydrogens (primary N) is 1. The van der Waals surface area contributed by atoms with Gasteiger partial charge in [0.2, 0.25) is 5.91 Å². The Morgan fingerprint density at radius 2 is 1.17 bits per heavy atom. The van der Waals surface area contributed by atoms with Gasteiger partial charge in [-0.05, 0) is 89.0 Å². The number of nitrogens with zero attached hydrogens (tertiary/aromatic N) is 8. The van der Waals surface area contributed by atoms with E-state index in [2.05, 4.69) is 20.3 Å². The number of carbonyl (C=O) groups is 5. The predicted octanol–water partition coefficient (Wildman–Crippen LogP) is 4.06. The topological polar surface area (TPSA) is 235 Å². The first-order valence-electron chi connectivity index (χ1n) is 21.7. The van der Waals surface area contributed by atoms with Gasteiger partial charge < -0.3 is 59.1 Å². The molecule has 63 heavy (non-hydrogen) atoms. The van der Waals surface area contributed by atoms with Gasteiger partial charge in [0.1, 0.15) is 40.9 Å². The molecule has 5 amide bonds. The van der Waals surface area contributed by atoms with Crippen molar-refractivity contribution in [2.75, 3.05) is 64.6 Å². The SMILES string of the molecule is CC(C)(C)OC(=O)N1CCN(C(=O)CCCCCNC(=O)[C@H]2O[C@@H](n3cnc4c(N)ncnc43)[C@@H]3OC(C)(C)O[C@H]32)CCN(C(=O)OC(C)(C)C)CCN(C(=O)OC(C)(C)C)CC1. The van der Waals surface area contributed by atoms with Crippen molar-refractivity contribution in [2.24, 2.45) is 0 Å². The maximum Gasteiger partial charge on any atom is 0.410 e. The number of imidazole rings is 1. The van der Waals surface area contributed by atoms with Crippen molar-refractivity contribution in [3.8, 4) is 0 Å². The molecule has 0 aromatic carbocycles. The third-order valence-corrected chi connectivity index (χ3v) is 10.2. The van der Waals surface area contributed by atoms with E-state index in [1.54, 1.807) is 85.6 Å². The molecule has 3 N–H and O–H groups in total. The van der Waals surface area contributed by atoms with Crippen LogP contribution in [0.15, 0.2) is 12.7 Å². The predicted molar refractivity (Wildman–Crippen MR) is 229 cm³/mol. The summed E-state index contributed by atoms with van der Waals surface area (Å²) in [6, 6.07) is 0. The highest BCUT2D eigenvalue weighted by molar-refractivity contribution is 5.83. The average molecular weight is 889 g/mol. The lowest BCUT2D eigenvalue weighted by molar-refractivity contribution is -0.197. The number of carbonyl (C=O) groups excluding carboxylic acids is 5. The molecule has 0 spiro atoms. The zero-order valence-corrected chi connectivity index (χ0v) is 38.8. The third-order valence-electron chi connectivity index (χ3n) is 10.2. The van der Waals surface area contributed by atoms with Crippen LogP contribution in [0.1, 0.15) is 108 Å². The van der Waals surface area contributed by atoms with Crippen LogP contribution in [-0.2, 0) is 38.0 Å². The average Bonchev–Trinajstić information content (AvgIpc) is 3.81. The van der Waals surface area contributed by atoms with E-state index in [4.69, 9.17) is 34.2 Å². The molecule has 3 saturated heterocycles. The Kier molecular flexibility index (Phi) is 15.4. The van der Waals surface area contributed by atoms with Gasteiger partial charge >= 0.3 is 18.3 Å². The smallest absolute Gasteiger partial charge is 0.410 e. The van der Waals surface area contributed by atoms with Crippen LogP contribution >= 0.6 is 0 Å². The van der Waals surface area contributed by atoms with Crippen LogP contribution in [0.5, 0.6) is 0 Å². The van der Waals surface area contributed by atoms with Crippen molar-refractivity contribution in [2.45, 2.75) is 149 Å². The molecule has 3 fully saturated rings. The van der Waals surface area contributed by atoms with E-state index in [1.807, 2.05) is 0 Å². The number of anilines is 1. The van der Waals surface area contributed by atoms with Crippen molar-refractivity contribution in [1.29, 1.82) is 0 Å². The van der Waals surface area contributed by atoms with Crippen LogP contribution in [0.25, 0.3) is 11.2 Å². The Balaban J connectivity index is 1.19. The number of fused-ring (bicyclic) bond motifs is 2. The zero-order chi connectivity index (χ0) is 46.5. The van der Waals surface area contributed by atoms with Crippen molar-refractivity contribution < 1.29 is 52.4 Å². The van der Waals surface area contributed by atoms with Gasteiger partial charge in [0, 0.05) is 65.3 Å². The van der Waals surface area contributed by atoms with Crippen molar-refractivity contribution in [3.05, 3.63) is 12.7 Å². The Labute approximate surface area is 369 Å². The molecule has 21 heteroatoms. The van der Waals surface area contributed by atoms with E-state index in [-0.39, 0.29) is 76.4 Å². The highest BCUT2D eigenvalue weighted by atomic mass is 16.8. The number of hydrogen-bond acceptors (Lipinski definition) is 15. The Hall–Kier alpha value is -5.02. The molecule has 0 unspecified atom stereocenters. The van der Waals surface area contributed by atoms with E-state index >= 15 is 0 Å². The fourth-order valence-electron chi connectivity index (χ4n) is 7.31. The lowest BCUT2D eigenvalue weighted by atomic mass is 10.1. The number of aromatic nitrogens is 4. The number of amides is 5. The molecule has 2 aromatic rings. The van der Waals surface area contributed by atoms with E-state index in [9.17, 15) is 24.0 Å². The number of rotatable bonds is 8. The quantitative estimate of drug-likeness (QED) is 0.281. The highest BCUT2D eigenvalue weighted by Crippen LogP contribution is 2.44. The van der Waals surface area contributed by atoms with Crippen molar-refractivity contribution in [3.63, 3.8) is 0 Å². The van der Waals surface area contributed by atoms with Gasteiger partial charge in [-0.1, -0.05) is 6.42 Å². The second-order valence-electron chi connectivity index (χ2n) is 19.5. The van der Waals surface area contributed by atoms with E-state index in [0.717, 1.165) is 0 Å². The standard InChI is InChI=1S/C42H68N10O11/c1-39(2,3)61-36(55)49-19-17-48(18-20-50(37(56)62-40(4,5)6)22-24-51(23-21-49)38(57)63-41(7,8)9)27(53)15-13-12-14-16-44-34(54)30-29-31(60-42(10,11)59-29)35(58-30)52-26-47-28-32(43)45-25-46-33(28)52/h25-26,29-31,35H,12-24H2,1-11H3,(H,44,54)(H2,43,45,46)/t29-,30-,31+,35+/m0/s1. The van der Waals surface area contributed by atoms with Crippen LogP contribution in [-0.4, -0.2) is 169 Å². The van der Waals surface area contributed by atoms with Crippen LogP contribution in [0, 0.1) is 0 Å². The van der Waals surface area contributed by atoms with Crippen LogP contribution in [0.2, 0.25) is 0 Å². The molecule has 0 bridgehead atoms.